The fourth-order valence-electron chi connectivity index (χ4n) is 3.66. The number of benzene rings is 1. The van der Waals surface area contributed by atoms with E-state index in [-0.39, 0.29) is 23.9 Å². The van der Waals surface area contributed by atoms with Gasteiger partial charge in [-0.25, -0.2) is 13.4 Å². The molecule has 1 saturated heterocycles. The average molecular weight is 477 g/mol. The Morgan fingerprint density at radius 1 is 1.16 bits per heavy atom. The number of imidazole rings is 1. The second-order valence-electron chi connectivity index (χ2n) is 7.07. The predicted octanol–water partition coefficient (Wildman–Crippen LogP) is 3.16. The Morgan fingerprint density at radius 3 is 2.61 bits per heavy atom. The highest BCUT2D eigenvalue weighted by Crippen LogP contribution is 2.29. The van der Waals surface area contributed by atoms with Crippen molar-refractivity contribution in [1.82, 2.24) is 18.6 Å². The maximum Gasteiger partial charge on any atom is 0.264 e. The number of nitrogens with zero attached hydrogens (tertiary/aromatic N) is 4. The van der Waals surface area contributed by atoms with Crippen molar-refractivity contribution < 1.29 is 17.9 Å². The molecule has 0 spiro atoms. The van der Waals surface area contributed by atoms with Crippen LogP contribution >= 0.6 is 22.7 Å². The highest BCUT2D eigenvalue weighted by atomic mass is 32.2. The quantitative estimate of drug-likeness (QED) is 0.442. The third-order valence-corrected chi connectivity index (χ3v) is 8.92. The summed E-state index contributed by atoms with van der Waals surface area (Å²) in [6.07, 6.45) is 1.95. The lowest BCUT2D eigenvalue weighted by atomic mass is 10.3. The molecule has 11 heteroatoms. The number of thiazole rings is 1. The van der Waals surface area contributed by atoms with Crippen molar-refractivity contribution in [2.75, 3.05) is 32.8 Å². The maximum absolute atomic E-state index is 13.0. The zero-order valence-electron chi connectivity index (χ0n) is 16.7. The van der Waals surface area contributed by atoms with Gasteiger partial charge >= 0.3 is 0 Å². The van der Waals surface area contributed by atoms with E-state index in [0.29, 0.717) is 30.3 Å². The molecule has 0 radical (unpaired) electrons. The molecule has 4 aromatic rings. The molecule has 1 amide bonds. The van der Waals surface area contributed by atoms with E-state index in [0.717, 1.165) is 15.3 Å². The molecule has 1 aliphatic heterocycles. The monoisotopic (exact) mass is 476 g/mol. The number of piperazine rings is 1. The van der Waals surface area contributed by atoms with Crippen molar-refractivity contribution in [1.29, 1.82) is 0 Å². The molecule has 3 aromatic heterocycles. The maximum atomic E-state index is 13.0. The Morgan fingerprint density at radius 2 is 1.90 bits per heavy atom. The second kappa shape index (κ2) is 7.90. The molecule has 5 rings (SSSR count). The highest BCUT2D eigenvalue weighted by Gasteiger charge is 2.31. The van der Waals surface area contributed by atoms with E-state index in [9.17, 15) is 13.2 Å². The van der Waals surface area contributed by atoms with Gasteiger partial charge in [-0.2, -0.15) is 4.31 Å². The van der Waals surface area contributed by atoms with E-state index in [1.807, 2.05) is 29.0 Å². The lowest BCUT2D eigenvalue weighted by Gasteiger charge is -2.33. The highest BCUT2D eigenvalue weighted by molar-refractivity contribution is 7.89. The summed E-state index contributed by atoms with van der Waals surface area (Å²) in [5, 5.41) is 1.96. The predicted molar refractivity (Wildman–Crippen MR) is 121 cm³/mol. The summed E-state index contributed by atoms with van der Waals surface area (Å²) in [5.41, 5.74) is 0.932. The summed E-state index contributed by atoms with van der Waals surface area (Å²) >= 11 is 2.94. The number of carbonyl (C=O) groups is 1. The van der Waals surface area contributed by atoms with Crippen LogP contribution in [-0.2, 0) is 10.0 Å². The van der Waals surface area contributed by atoms with Gasteiger partial charge in [0, 0.05) is 37.8 Å². The summed E-state index contributed by atoms with van der Waals surface area (Å²) in [7, 11) is -3.61. The van der Waals surface area contributed by atoms with Crippen LogP contribution in [0.25, 0.3) is 15.3 Å². The normalized spacial score (nSPS) is 15.7. The summed E-state index contributed by atoms with van der Waals surface area (Å²) in [5.74, 6) is 0.560. The van der Waals surface area contributed by atoms with Crippen LogP contribution in [0.15, 0.2) is 46.8 Å². The van der Waals surface area contributed by atoms with Crippen molar-refractivity contribution in [3.05, 3.63) is 46.8 Å². The molecule has 0 unspecified atom stereocenters. The number of carbonyl (C=O) groups excluding carboxylic acids is 1. The second-order valence-corrected chi connectivity index (χ2v) is 10.9. The number of hydrogen-bond donors (Lipinski definition) is 0. The molecule has 1 aliphatic rings. The third kappa shape index (κ3) is 3.61. The van der Waals surface area contributed by atoms with Crippen LogP contribution in [0, 0.1) is 0 Å². The molecule has 4 heterocycles. The van der Waals surface area contributed by atoms with Crippen LogP contribution in [0.3, 0.4) is 0 Å². The molecule has 31 heavy (non-hydrogen) atoms. The number of aromatic nitrogens is 2. The molecule has 1 aromatic carbocycles. The Bertz CT molecular complexity index is 1350. The zero-order chi connectivity index (χ0) is 21.6. The van der Waals surface area contributed by atoms with Crippen LogP contribution < -0.4 is 4.74 Å². The number of sulfonamides is 1. The van der Waals surface area contributed by atoms with E-state index in [1.165, 1.54) is 15.6 Å². The number of hydrogen-bond acceptors (Lipinski definition) is 7. The fraction of sp³-hybridized carbons (Fsp3) is 0.300. The molecule has 0 N–H and O–H groups in total. The minimum atomic E-state index is -3.61. The van der Waals surface area contributed by atoms with Crippen LogP contribution in [0.5, 0.6) is 5.75 Å². The van der Waals surface area contributed by atoms with Crippen molar-refractivity contribution in [2.45, 2.75) is 11.8 Å². The fourth-order valence-corrected chi connectivity index (χ4v) is 6.85. The van der Waals surface area contributed by atoms with Gasteiger partial charge < -0.3 is 9.64 Å². The first kappa shape index (κ1) is 20.4. The zero-order valence-corrected chi connectivity index (χ0v) is 19.2. The molecule has 162 valence electrons. The van der Waals surface area contributed by atoms with Gasteiger partial charge in [0.15, 0.2) is 4.96 Å². The molecular formula is C20H20N4O4S3. The Hall–Kier alpha value is -2.47. The molecular weight excluding hydrogens is 456 g/mol. The molecule has 0 aliphatic carbocycles. The largest absolute Gasteiger partial charge is 0.494 e. The lowest BCUT2D eigenvalue weighted by Crippen LogP contribution is -2.50. The smallest absolute Gasteiger partial charge is 0.264 e. The minimum absolute atomic E-state index is 0.0786. The van der Waals surface area contributed by atoms with E-state index in [2.05, 4.69) is 4.98 Å². The molecule has 0 atom stereocenters. The van der Waals surface area contributed by atoms with Gasteiger partial charge in [0.2, 0.25) is 10.0 Å². The van der Waals surface area contributed by atoms with Gasteiger partial charge in [-0.05, 0) is 37.3 Å². The van der Waals surface area contributed by atoms with Gasteiger partial charge in [0.05, 0.1) is 21.9 Å². The van der Waals surface area contributed by atoms with Crippen LogP contribution in [0.1, 0.15) is 16.6 Å². The Labute approximate surface area is 187 Å². The van der Waals surface area contributed by atoms with Gasteiger partial charge in [-0.15, -0.1) is 22.7 Å². The first-order chi connectivity index (χ1) is 15.0. The van der Waals surface area contributed by atoms with E-state index in [4.69, 9.17) is 4.74 Å². The number of rotatable bonds is 5. The minimum Gasteiger partial charge on any atom is -0.494 e. The first-order valence-corrected chi connectivity index (χ1v) is 13.0. The molecule has 0 saturated carbocycles. The van der Waals surface area contributed by atoms with E-state index in [1.54, 1.807) is 40.5 Å². The van der Waals surface area contributed by atoms with E-state index >= 15 is 0 Å². The molecule has 8 nitrogen and oxygen atoms in total. The van der Waals surface area contributed by atoms with Crippen LogP contribution in [0.2, 0.25) is 0 Å². The summed E-state index contributed by atoms with van der Waals surface area (Å²) in [6, 6.07) is 8.32. The summed E-state index contributed by atoms with van der Waals surface area (Å²) in [4.78, 5) is 21.9. The standard InChI is InChI=1S/C20H20N4O4S3/c1-2-28-14-3-5-15(6-4-14)31(26,27)23-9-7-22(8-10-23)19(25)17-13-16-18(30-17)21-20-24(16)11-12-29-20/h3-6,11-13H,2,7-10H2,1H3. The Kier molecular flexibility index (Phi) is 5.21. The topological polar surface area (TPSA) is 84.2 Å². The van der Waals surface area contributed by atoms with Crippen LogP contribution in [0.4, 0.5) is 0 Å². The average Bonchev–Trinajstić information content (AvgIpc) is 3.46. The van der Waals surface area contributed by atoms with Gasteiger partial charge in [-0.1, -0.05) is 0 Å². The van der Waals surface area contributed by atoms with Crippen LogP contribution in [-0.4, -0.2) is 65.7 Å². The lowest BCUT2D eigenvalue weighted by molar-refractivity contribution is 0.0703. The molecule has 1 fully saturated rings. The van der Waals surface area contributed by atoms with Crippen molar-refractivity contribution in [3.63, 3.8) is 0 Å². The summed E-state index contributed by atoms with van der Waals surface area (Å²) in [6.45, 7) is 3.64. The number of thiophene rings is 1. The summed E-state index contributed by atoms with van der Waals surface area (Å²) < 4.78 is 34.7. The van der Waals surface area contributed by atoms with Crippen molar-refractivity contribution >= 4 is 53.9 Å². The van der Waals surface area contributed by atoms with Gasteiger partial charge in [-0.3, -0.25) is 9.20 Å². The van der Waals surface area contributed by atoms with Gasteiger partial charge in [0.25, 0.3) is 5.91 Å². The number of amides is 1. The van der Waals surface area contributed by atoms with Gasteiger partial charge in [0.1, 0.15) is 10.6 Å². The number of ether oxygens (including phenoxy) is 1. The third-order valence-electron chi connectivity index (χ3n) is 5.25. The van der Waals surface area contributed by atoms with E-state index < -0.39 is 10.0 Å². The number of fused-ring (bicyclic) bond motifs is 3. The Balaban J connectivity index is 1.28. The van der Waals surface area contributed by atoms with Crippen molar-refractivity contribution in [3.8, 4) is 5.75 Å². The first-order valence-electron chi connectivity index (χ1n) is 9.85. The molecule has 0 bridgehead atoms. The SMILES string of the molecule is CCOc1ccc(S(=O)(=O)N2CCN(C(=O)c3cc4c(nc5sccn54)s3)CC2)cc1. The van der Waals surface area contributed by atoms with Crippen molar-refractivity contribution in [2.24, 2.45) is 0 Å².